The highest BCUT2D eigenvalue weighted by Crippen LogP contribution is 2.45. The maximum Gasteiger partial charge on any atom is -0.00804 e. The summed E-state index contributed by atoms with van der Waals surface area (Å²) in [6.07, 6.45) is 9.79. The van der Waals surface area contributed by atoms with Crippen LogP contribution in [0, 0.1) is 11.3 Å². The Morgan fingerprint density at radius 3 is 2.20 bits per heavy atom. The van der Waals surface area contributed by atoms with E-state index in [1.54, 1.807) is 11.1 Å². The standard InChI is InChI=1S/C15H26/c1-6-12-10-11-15(5,9-4)14(8-3)13(12)7-2/h10-11,14H,6-9H2,1-5H3. The van der Waals surface area contributed by atoms with Gasteiger partial charge in [-0.2, -0.15) is 0 Å². The molecule has 0 saturated carbocycles. The van der Waals surface area contributed by atoms with Crippen molar-refractivity contribution in [1.29, 1.82) is 0 Å². The molecular formula is C15H26. The lowest BCUT2D eigenvalue weighted by Crippen LogP contribution is -2.29. The van der Waals surface area contributed by atoms with Crippen molar-refractivity contribution in [3.63, 3.8) is 0 Å². The van der Waals surface area contributed by atoms with E-state index >= 15 is 0 Å². The molecule has 0 radical (unpaired) electrons. The predicted molar refractivity (Wildman–Crippen MR) is 68.9 cm³/mol. The molecule has 15 heavy (non-hydrogen) atoms. The first-order valence-electron chi connectivity index (χ1n) is 6.54. The van der Waals surface area contributed by atoms with Crippen LogP contribution in [0.4, 0.5) is 0 Å². The SMILES string of the molecule is CCC1=C(CC)C(CC)C(C)(CC)C=C1. The van der Waals surface area contributed by atoms with Gasteiger partial charge >= 0.3 is 0 Å². The van der Waals surface area contributed by atoms with Gasteiger partial charge in [0.1, 0.15) is 0 Å². The Labute approximate surface area is 95.5 Å². The van der Waals surface area contributed by atoms with Gasteiger partial charge in [0.25, 0.3) is 0 Å². The van der Waals surface area contributed by atoms with Crippen molar-refractivity contribution in [3.05, 3.63) is 23.3 Å². The van der Waals surface area contributed by atoms with Gasteiger partial charge in [-0.3, -0.25) is 0 Å². The molecule has 0 aromatic carbocycles. The van der Waals surface area contributed by atoms with Gasteiger partial charge in [-0.05, 0) is 42.6 Å². The Kier molecular flexibility index (Phi) is 4.19. The predicted octanol–water partition coefficient (Wildman–Crippen LogP) is 5.12. The normalized spacial score (nSPS) is 31.1. The minimum atomic E-state index is 0.402. The van der Waals surface area contributed by atoms with Crippen molar-refractivity contribution in [2.45, 2.75) is 60.3 Å². The van der Waals surface area contributed by atoms with Crippen molar-refractivity contribution in [1.82, 2.24) is 0 Å². The average Bonchev–Trinajstić information content (AvgIpc) is 2.28. The fraction of sp³-hybridized carbons (Fsp3) is 0.733. The molecule has 0 heterocycles. The molecule has 0 N–H and O–H groups in total. The van der Waals surface area contributed by atoms with Crippen LogP contribution in [0.2, 0.25) is 0 Å². The summed E-state index contributed by atoms with van der Waals surface area (Å²) in [4.78, 5) is 0. The van der Waals surface area contributed by atoms with Gasteiger partial charge in [0, 0.05) is 0 Å². The summed E-state index contributed by atoms with van der Waals surface area (Å²) >= 11 is 0. The molecule has 0 aromatic rings. The van der Waals surface area contributed by atoms with Crippen molar-refractivity contribution < 1.29 is 0 Å². The summed E-state index contributed by atoms with van der Waals surface area (Å²) in [6, 6.07) is 0. The van der Waals surface area contributed by atoms with Gasteiger partial charge in [0.2, 0.25) is 0 Å². The highest BCUT2D eigenvalue weighted by molar-refractivity contribution is 5.35. The highest BCUT2D eigenvalue weighted by atomic mass is 14.4. The van der Waals surface area contributed by atoms with E-state index in [9.17, 15) is 0 Å². The maximum atomic E-state index is 2.46. The van der Waals surface area contributed by atoms with Crippen LogP contribution in [-0.4, -0.2) is 0 Å². The van der Waals surface area contributed by atoms with E-state index in [1.807, 2.05) is 0 Å². The third kappa shape index (κ3) is 2.19. The molecule has 0 nitrogen and oxygen atoms in total. The Balaban J connectivity index is 3.11. The molecule has 0 bridgehead atoms. The van der Waals surface area contributed by atoms with Gasteiger partial charge in [-0.15, -0.1) is 0 Å². The first-order valence-corrected chi connectivity index (χ1v) is 6.54. The summed E-state index contributed by atoms with van der Waals surface area (Å²) in [7, 11) is 0. The van der Waals surface area contributed by atoms with Gasteiger partial charge in [-0.1, -0.05) is 52.3 Å². The summed E-state index contributed by atoms with van der Waals surface area (Å²) in [5, 5.41) is 0. The number of allylic oxidation sites excluding steroid dienone is 4. The fourth-order valence-electron chi connectivity index (χ4n) is 3.03. The Bertz CT molecular complexity index is 270. The van der Waals surface area contributed by atoms with E-state index in [4.69, 9.17) is 0 Å². The van der Waals surface area contributed by atoms with Crippen LogP contribution in [0.15, 0.2) is 23.3 Å². The lowest BCUT2D eigenvalue weighted by atomic mass is 9.65. The molecule has 0 fully saturated rings. The third-order valence-corrected chi connectivity index (χ3v) is 4.23. The van der Waals surface area contributed by atoms with Gasteiger partial charge in [-0.25, -0.2) is 0 Å². The highest BCUT2D eigenvalue weighted by Gasteiger charge is 2.33. The Morgan fingerprint density at radius 2 is 1.80 bits per heavy atom. The number of hydrogen-bond acceptors (Lipinski definition) is 0. The van der Waals surface area contributed by atoms with E-state index in [0.29, 0.717) is 5.41 Å². The number of rotatable bonds is 4. The molecule has 1 aliphatic rings. The fourth-order valence-corrected chi connectivity index (χ4v) is 3.03. The van der Waals surface area contributed by atoms with E-state index in [0.717, 1.165) is 5.92 Å². The second-order valence-corrected chi connectivity index (χ2v) is 4.91. The molecule has 0 saturated heterocycles. The minimum Gasteiger partial charge on any atom is -0.0777 e. The van der Waals surface area contributed by atoms with Gasteiger partial charge < -0.3 is 0 Å². The Hall–Kier alpha value is -0.520. The summed E-state index contributed by atoms with van der Waals surface area (Å²) < 4.78 is 0. The zero-order chi connectivity index (χ0) is 11.5. The number of hydrogen-bond donors (Lipinski definition) is 0. The molecule has 0 amide bonds. The van der Waals surface area contributed by atoms with E-state index in [2.05, 4.69) is 46.8 Å². The molecule has 0 aliphatic heterocycles. The zero-order valence-corrected chi connectivity index (χ0v) is 11.1. The summed E-state index contributed by atoms with van der Waals surface area (Å²) in [5.41, 5.74) is 3.71. The van der Waals surface area contributed by atoms with Crippen LogP contribution in [0.1, 0.15) is 60.3 Å². The third-order valence-electron chi connectivity index (χ3n) is 4.23. The van der Waals surface area contributed by atoms with Crippen molar-refractivity contribution in [2.24, 2.45) is 11.3 Å². The van der Waals surface area contributed by atoms with Crippen molar-refractivity contribution >= 4 is 0 Å². The largest absolute Gasteiger partial charge is 0.0777 e. The summed E-state index contributed by atoms with van der Waals surface area (Å²) in [5.74, 6) is 0.771. The lowest BCUT2D eigenvalue weighted by Gasteiger charge is -2.39. The molecule has 2 atom stereocenters. The molecule has 1 aliphatic carbocycles. The molecule has 0 aromatic heterocycles. The Morgan fingerprint density at radius 1 is 1.13 bits per heavy atom. The first-order chi connectivity index (χ1) is 7.12. The lowest BCUT2D eigenvalue weighted by molar-refractivity contribution is 0.264. The monoisotopic (exact) mass is 206 g/mol. The van der Waals surface area contributed by atoms with Crippen LogP contribution in [0.5, 0.6) is 0 Å². The van der Waals surface area contributed by atoms with Crippen LogP contribution in [0.3, 0.4) is 0 Å². The van der Waals surface area contributed by atoms with Gasteiger partial charge in [0.15, 0.2) is 0 Å². The van der Waals surface area contributed by atoms with E-state index in [1.165, 1.54) is 25.7 Å². The molecule has 2 unspecified atom stereocenters. The van der Waals surface area contributed by atoms with E-state index < -0.39 is 0 Å². The van der Waals surface area contributed by atoms with Crippen LogP contribution < -0.4 is 0 Å². The molecule has 1 rings (SSSR count). The maximum absolute atomic E-state index is 2.46. The minimum absolute atomic E-state index is 0.402. The van der Waals surface area contributed by atoms with E-state index in [-0.39, 0.29) is 0 Å². The van der Waals surface area contributed by atoms with Gasteiger partial charge in [0.05, 0.1) is 0 Å². The second kappa shape index (κ2) is 5.01. The topological polar surface area (TPSA) is 0 Å². The van der Waals surface area contributed by atoms with Crippen molar-refractivity contribution in [3.8, 4) is 0 Å². The van der Waals surface area contributed by atoms with Crippen LogP contribution in [0.25, 0.3) is 0 Å². The van der Waals surface area contributed by atoms with Crippen LogP contribution in [-0.2, 0) is 0 Å². The van der Waals surface area contributed by atoms with Crippen LogP contribution >= 0.6 is 0 Å². The smallest absolute Gasteiger partial charge is 0.00804 e. The zero-order valence-electron chi connectivity index (χ0n) is 11.1. The first kappa shape index (κ1) is 12.5. The average molecular weight is 206 g/mol. The molecular weight excluding hydrogens is 180 g/mol. The summed E-state index contributed by atoms with van der Waals surface area (Å²) in [6.45, 7) is 11.7. The molecule has 86 valence electrons. The second-order valence-electron chi connectivity index (χ2n) is 4.91. The molecule has 0 spiro atoms. The quantitative estimate of drug-likeness (QED) is 0.599. The van der Waals surface area contributed by atoms with Crippen molar-refractivity contribution in [2.75, 3.05) is 0 Å². The molecule has 0 heteroatoms.